The molecule has 0 aliphatic heterocycles. The molecule has 0 aliphatic rings. The van der Waals surface area contributed by atoms with Crippen molar-refractivity contribution in [3.8, 4) is 0 Å². The van der Waals surface area contributed by atoms with Crippen LogP contribution < -0.4 is 10.7 Å². The Bertz CT molecular complexity index is 642. The van der Waals surface area contributed by atoms with Crippen LogP contribution in [0.3, 0.4) is 0 Å². The van der Waals surface area contributed by atoms with Crippen molar-refractivity contribution < 1.29 is 9.59 Å². The Hall–Kier alpha value is -3.02. The second-order valence-corrected chi connectivity index (χ2v) is 4.52. The van der Waals surface area contributed by atoms with Crippen molar-refractivity contribution in [2.75, 3.05) is 0 Å². The van der Waals surface area contributed by atoms with Crippen LogP contribution in [-0.2, 0) is 16.1 Å². The van der Waals surface area contributed by atoms with E-state index in [1.54, 1.807) is 18.5 Å². The molecule has 2 rings (SSSR count). The molecule has 2 N–H and O–H groups in total. The molecule has 0 saturated heterocycles. The second kappa shape index (κ2) is 8.31. The first-order valence-corrected chi connectivity index (χ1v) is 6.76. The molecular weight excluding hydrogens is 280 g/mol. The lowest BCUT2D eigenvalue weighted by Gasteiger charge is -2.04. The molecule has 6 nitrogen and oxygen atoms in total. The van der Waals surface area contributed by atoms with Gasteiger partial charge in [-0.2, -0.15) is 5.10 Å². The molecule has 1 heterocycles. The van der Waals surface area contributed by atoms with Crippen LogP contribution in [-0.4, -0.2) is 23.0 Å². The molecule has 0 spiro atoms. The van der Waals surface area contributed by atoms with E-state index in [1.807, 2.05) is 36.4 Å². The zero-order valence-corrected chi connectivity index (χ0v) is 11.9. The van der Waals surface area contributed by atoms with Crippen molar-refractivity contribution in [3.63, 3.8) is 0 Å². The lowest BCUT2D eigenvalue weighted by molar-refractivity contribution is -0.129. The number of pyridine rings is 1. The quantitative estimate of drug-likeness (QED) is 0.478. The summed E-state index contributed by atoms with van der Waals surface area (Å²) in [6.45, 7) is 0.341. The summed E-state index contributed by atoms with van der Waals surface area (Å²) in [5, 5.41) is 6.44. The first kappa shape index (κ1) is 15.4. The molecule has 112 valence electrons. The van der Waals surface area contributed by atoms with Crippen molar-refractivity contribution >= 4 is 18.0 Å². The molecule has 0 bridgehead atoms. The van der Waals surface area contributed by atoms with Gasteiger partial charge >= 0.3 is 0 Å². The zero-order chi connectivity index (χ0) is 15.6. The van der Waals surface area contributed by atoms with E-state index in [9.17, 15) is 9.59 Å². The predicted octanol–water partition coefficient (Wildman–Crippen LogP) is 1.24. The van der Waals surface area contributed by atoms with Crippen LogP contribution in [0.25, 0.3) is 0 Å². The Morgan fingerprint density at radius 3 is 2.64 bits per heavy atom. The number of carbonyl (C=O) groups is 2. The number of carbonyl (C=O) groups excluding carboxylic acids is 2. The van der Waals surface area contributed by atoms with Crippen molar-refractivity contribution in [1.29, 1.82) is 0 Å². The number of rotatable bonds is 6. The van der Waals surface area contributed by atoms with E-state index < -0.39 is 5.91 Å². The molecule has 0 unspecified atom stereocenters. The first-order valence-electron chi connectivity index (χ1n) is 6.76. The van der Waals surface area contributed by atoms with Crippen molar-refractivity contribution in [3.05, 3.63) is 66.0 Å². The Kier molecular flexibility index (Phi) is 5.80. The predicted molar refractivity (Wildman–Crippen MR) is 82.9 cm³/mol. The normalized spacial score (nSPS) is 10.4. The fraction of sp³-hybridized carbons (Fsp3) is 0.125. The first-order chi connectivity index (χ1) is 10.7. The maximum atomic E-state index is 11.6. The highest BCUT2D eigenvalue weighted by Gasteiger charge is 2.08. The molecule has 0 aliphatic carbocycles. The van der Waals surface area contributed by atoms with Crippen molar-refractivity contribution in [2.24, 2.45) is 5.10 Å². The summed E-state index contributed by atoms with van der Waals surface area (Å²) in [5.74, 6) is -0.827. The van der Waals surface area contributed by atoms with E-state index in [-0.39, 0.29) is 12.3 Å². The highest BCUT2D eigenvalue weighted by atomic mass is 16.2. The molecule has 6 heteroatoms. The fourth-order valence-electron chi connectivity index (χ4n) is 1.67. The summed E-state index contributed by atoms with van der Waals surface area (Å²) in [4.78, 5) is 27.1. The molecule has 1 aromatic heterocycles. The topological polar surface area (TPSA) is 83.5 Å². The second-order valence-electron chi connectivity index (χ2n) is 4.52. The number of hydrogen-bond donors (Lipinski definition) is 2. The average Bonchev–Trinajstić information content (AvgIpc) is 2.55. The summed E-state index contributed by atoms with van der Waals surface area (Å²) in [5.41, 5.74) is 4.06. The summed E-state index contributed by atoms with van der Waals surface area (Å²) >= 11 is 0. The van der Waals surface area contributed by atoms with Gasteiger partial charge in [-0.15, -0.1) is 0 Å². The van der Waals surface area contributed by atoms with Gasteiger partial charge < -0.3 is 5.32 Å². The van der Waals surface area contributed by atoms with Gasteiger partial charge in [0.1, 0.15) is 6.42 Å². The summed E-state index contributed by atoms with van der Waals surface area (Å²) in [7, 11) is 0. The van der Waals surface area contributed by atoms with Gasteiger partial charge in [0.25, 0.3) is 0 Å². The Morgan fingerprint density at radius 1 is 1.09 bits per heavy atom. The summed E-state index contributed by atoms with van der Waals surface area (Å²) in [6.07, 6.45) is 4.56. The van der Waals surface area contributed by atoms with E-state index in [4.69, 9.17) is 0 Å². The van der Waals surface area contributed by atoms with Crippen LogP contribution in [0.15, 0.2) is 60.0 Å². The highest BCUT2D eigenvalue weighted by molar-refractivity contribution is 5.97. The number of hydrogen-bond acceptors (Lipinski definition) is 4. The highest BCUT2D eigenvalue weighted by Crippen LogP contribution is 1.95. The monoisotopic (exact) mass is 296 g/mol. The number of aromatic nitrogens is 1. The largest absolute Gasteiger partial charge is 0.352 e. The molecular formula is C16H16N4O2. The summed E-state index contributed by atoms with van der Waals surface area (Å²) in [6, 6.07) is 13.0. The van der Waals surface area contributed by atoms with Crippen molar-refractivity contribution in [1.82, 2.24) is 15.7 Å². The molecule has 0 fully saturated rings. The van der Waals surface area contributed by atoms with Crippen LogP contribution in [0.2, 0.25) is 0 Å². The fourth-order valence-corrected chi connectivity index (χ4v) is 1.67. The Morgan fingerprint density at radius 2 is 1.91 bits per heavy atom. The summed E-state index contributed by atoms with van der Waals surface area (Å²) < 4.78 is 0. The van der Waals surface area contributed by atoms with Gasteiger partial charge in [0.15, 0.2) is 0 Å². The third kappa shape index (κ3) is 5.54. The van der Waals surface area contributed by atoms with E-state index in [2.05, 4.69) is 20.8 Å². The van der Waals surface area contributed by atoms with Gasteiger partial charge in [-0.25, -0.2) is 5.43 Å². The third-order valence-electron chi connectivity index (χ3n) is 2.74. The number of amides is 2. The third-order valence-corrected chi connectivity index (χ3v) is 2.74. The molecule has 0 saturated carbocycles. The van der Waals surface area contributed by atoms with E-state index in [0.717, 1.165) is 11.1 Å². The van der Waals surface area contributed by atoms with Gasteiger partial charge in [-0.3, -0.25) is 14.6 Å². The molecule has 1 aromatic carbocycles. The molecule has 2 aromatic rings. The molecule has 2 amide bonds. The number of hydrazone groups is 1. The number of benzene rings is 1. The van der Waals surface area contributed by atoms with Gasteiger partial charge in [-0.1, -0.05) is 36.4 Å². The van der Waals surface area contributed by atoms with E-state index in [0.29, 0.717) is 6.54 Å². The molecule has 0 atom stereocenters. The van der Waals surface area contributed by atoms with Crippen LogP contribution in [0.1, 0.15) is 17.5 Å². The maximum Gasteiger partial charge on any atom is 0.249 e. The lowest BCUT2D eigenvalue weighted by atomic mass is 10.2. The van der Waals surface area contributed by atoms with Gasteiger partial charge in [0.05, 0.1) is 6.21 Å². The van der Waals surface area contributed by atoms with Crippen LogP contribution >= 0.6 is 0 Å². The van der Waals surface area contributed by atoms with E-state index in [1.165, 1.54) is 6.21 Å². The minimum Gasteiger partial charge on any atom is -0.352 e. The smallest absolute Gasteiger partial charge is 0.249 e. The minimum atomic E-state index is -0.462. The van der Waals surface area contributed by atoms with Gasteiger partial charge in [0.2, 0.25) is 11.8 Å². The Labute approximate surface area is 128 Å². The average molecular weight is 296 g/mol. The zero-order valence-electron chi connectivity index (χ0n) is 11.9. The van der Waals surface area contributed by atoms with Crippen molar-refractivity contribution in [2.45, 2.75) is 13.0 Å². The number of nitrogens with zero attached hydrogens (tertiary/aromatic N) is 2. The Balaban J connectivity index is 1.70. The SMILES string of the molecule is O=C(CC(=O)N/N=C\c1ccccc1)NCc1cccnc1. The molecule has 0 radical (unpaired) electrons. The lowest BCUT2D eigenvalue weighted by Crippen LogP contribution is -2.29. The minimum absolute atomic E-state index is 0.271. The van der Waals surface area contributed by atoms with Gasteiger partial charge in [-0.05, 0) is 17.2 Å². The van der Waals surface area contributed by atoms with Crippen LogP contribution in [0, 0.1) is 0 Å². The number of nitrogens with one attached hydrogen (secondary N) is 2. The van der Waals surface area contributed by atoms with E-state index >= 15 is 0 Å². The maximum absolute atomic E-state index is 11.6. The standard InChI is InChI=1S/C16H16N4O2/c21-15(18-11-14-7-4-8-17-10-14)9-16(22)20-19-12-13-5-2-1-3-6-13/h1-8,10,12H,9,11H2,(H,18,21)(H,20,22)/b19-12-. The van der Waals surface area contributed by atoms with Gasteiger partial charge in [0, 0.05) is 18.9 Å². The van der Waals surface area contributed by atoms with Crippen LogP contribution in [0.4, 0.5) is 0 Å². The van der Waals surface area contributed by atoms with Crippen LogP contribution in [0.5, 0.6) is 0 Å². The molecule has 22 heavy (non-hydrogen) atoms.